The number of benzene rings is 1. The third-order valence-corrected chi connectivity index (χ3v) is 5.47. The Hall–Kier alpha value is -0.820. The predicted octanol–water partition coefficient (Wildman–Crippen LogP) is 5.09. The lowest BCUT2D eigenvalue weighted by Crippen LogP contribution is -2.42. The first-order valence-corrected chi connectivity index (χ1v) is 8.66. The molecule has 1 fully saturated rings. The van der Waals surface area contributed by atoms with Crippen LogP contribution in [0, 0.1) is 32.1 Å². The maximum atomic E-state index is 6.77. The minimum absolute atomic E-state index is 0.308. The van der Waals surface area contributed by atoms with Crippen LogP contribution >= 0.6 is 0 Å². The molecule has 1 atom stereocenters. The molecule has 0 aromatic heterocycles. The van der Waals surface area contributed by atoms with E-state index in [2.05, 4.69) is 46.8 Å². The van der Waals surface area contributed by atoms with Crippen LogP contribution in [-0.4, -0.2) is 6.04 Å². The molecule has 0 radical (unpaired) electrons. The van der Waals surface area contributed by atoms with Crippen molar-refractivity contribution in [3.8, 4) is 0 Å². The van der Waals surface area contributed by atoms with Gasteiger partial charge in [0.2, 0.25) is 0 Å². The lowest BCUT2D eigenvalue weighted by atomic mass is 9.70. The average molecular weight is 287 g/mol. The van der Waals surface area contributed by atoms with E-state index in [-0.39, 0.29) is 0 Å². The van der Waals surface area contributed by atoms with Gasteiger partial charge in [0.15, 0.2) is 0 Å². The largest absolute Gasteiger partial charge is 0.327 e. The van der Waals surface area contributed by atoms with Crippen molar-refractivity contribution in [3.05, 3.63) is 34.4 Å². The monoisotopic (exact) mass is 287 g/mol. The zero-order chi connectivity index (χ0) is 15.6. The predicted molar refractivity (Wildman–Crippen MR) is 92.7 cm³/mol. The molecule has 1 aromatic rings. The van der Waals surface area contributed by atoms with Crippen LogP contribution in [0.5, 0.6) is 0 Å². The average Bonchev–Trinajstić information content (AvgIpc) is 2.82. The Kier molecular flexibility index (Phi) is 5.14. The Morgan fingerprint density at radius 1 is 1.05 bits per heavy atom. The van der Waals surface area contributed by atoms with Crippen LogP contribution in [0.4, 0.5) is 0 Å². The highest BCUT2D eigenvalue weighted by Crippen LogP contribution is 2.46. The summed E-state index contributed by atoms with van der Waals surface area (Å²) in [6, 6.07) is 4.92. The van der Waals surface area contributed by atoms with E-state index in [4.69, 9.17) is 5.73 Å². The van der Waals surface area contributed by atoms with Gasteiger partial charge in [0, 0.05) is 6.04 Å². The maximum absolute atomic E-state index is 6.77. The Labute approximate surface area is 131 Å². The van der Waals surface area contributed by atoms with E-state index in [1.165, 1.54) is 54.4 Å². The fourth-order valence-corrected chi connectivity index (χ4v) is 4.59. The molecule has 1 heteroatoms. The Morgan fingerprint density at radius 2 is 1.57 bits per heavy atom. The molecule has 0 amide bonds. The van der Waals surface area contributed by atoms with Crippen LogP contribution in [0.25, 0.3) is 0 Å². The first-order valence-electron chi connectivity index (χ1n) is 8.66. The number of rotatable bonds is 5. The minimum Gasteiger partial charge on any atom is -0.327 e. The van der Waals surface area contributed by atoms with Gasteiger partial charge in [-0.25, -0.2) is 0 Å². The molecule has 0 spiro atoms. The van der Waals surface area contributed by atoms with Crippen molar-refractivity contribution in [1.29, 1.82) is 0 Å². The molecule has 21 heavy (non-hydrogen) atoms. The normalized spacial score (nSPS) is 19.2. The van der Waals surface area contributed by atoms with Gasteiger partial charge in [-0.2, -0.15) is 0 Å². The van der Waals surface area contributed by atoms with Gasteiger partial charge in [0.25, 0.3) is 0 Å². The first kappa shape index (κ1) is 16.5. The molecule has 2 rings (SSSR count). The van der Waals surface area contributed by atoms with Crippen molar-refractivity contribution in [2.75, 3.05) is 0 Å². The highest BCUT2D eigenvalue weighted by molar-refractivity contribution is 5.38. The molecule has 0 heterocycles. The van der Waals surface area contributed by atoms with Gasteiger partial charge in [0.05, 0.1) is 0 Å². The van der Waals surface area contributed by atoms with Crippen molar-refractivity contribution in [1.82, 2.24) is 0 Å². The topological polar surface area (TPSA) is 26.0 Å². The van der Waals surface area contributed by atoms with Crippen LogP contribution in [0.1, 0.15) is 68.2 Å². The smallest absolute Gasteiger partial charge is 0.0136 e. The molecule has 0 bridgehead atoms. The molecule has 1 saturated carbocycles. The molecule has 0 saturated heterocycles. The maximum Gasteiger partial charge on any atom is 0.0136 e. The van der Waals surface area contributed by atoms with E-state index in [1.54, 1.807) is 0 Å². The highest BCUT2D eigenvalue weighted by atomic mass is 14.7. The van der Waals surface area contributed by atoms with E-state index in [9.17, 15) is 0 Å². The minimum atomic E-state index is 0.308. The molecular weight excluding hydrogens is 254 g/mol. The van der Waals surface area contributed by atoms with Crippen LogP contribution in [-0.2, 0) is 6.42 Å². The fourth-order valence-electron chi connectivity index (χ4n) is 4.59. The Morgan fingerprint density at radius 3 is 2.05 bits per heavy atom. The second-order valence-electron chi connectivity index (χ2n) is 7.86. The van der Waals surface area contributed by atoms with Crippen LogP contribution in [0.2, 0.25) is 0 Å². The van der Waals surface area contributed by atoms with Crippen molar-refractivity contribution < 1.29 is 0 Å². The van der Waals surface area contributed by atoms with Crippen LogP contribution in [0.3, 0.4) is 0 Å². The Bertz CT molecular complexity index is 458. The standard InChI is InChI=1S/C20H33N/c1-14(2)13-20(8-6-7-9-20)19(21)12-18-16(4)10-15(3)11-17(18)5/h10-11,14,19H,6-9,12-13,21H2,1-5H3. The molecule has 0 aliphatic heterocycles. The lowest BCUT2D eigenvalue weighted by Gasteiger charge is -2.37. The van der Waals surface area contributed by atoms with Gasteiger partial charge in [-0.15, -0.1) is 0 Å². The molecule has 1 aliphatic rings. The summed E-state index contributed by atoms with van der Waals surface area (Å²) in [6.45, 7) is 11.4. The van der Waals surface area contributed by atoms with Crippen LogP contribution < -0.4 is 5.73 Å². The zero-order valence-electron chi connectivity index (χ0n) is 14.6. The quantitative estimate of drug-likeness (QED) is 0.802. The van der Waals surface area contributed by atoms with Crippen molar-refractivity contribution >= 4 is 0 Å². The molecule has 118 valence electrons. The summed E-state index contributed by atoms with van der Waals surface area (Å²) in [5, 5.41) is 0. The van der Waals surface area contributed by atoms with E-state index >= 15 is 0 Å². The van der Waals surface area contributed by atoms with E-state index in [0.29, 0.717) is 11.5 Å². The third kappa shape index (κ3) is 3.69. The molecule has 2 N–H and O–H groups in total. The number of hydrogen-bond acceptors (Lipinski definition) is 1. The highest BCUT2D eigenvalue weighted by Gasteiger charge is 2.39. The van der Waals surface area contributed by atoms with Gasteiger partial charge in [-0.1, -0.05) is 44.4 Å². The summed E-state index contributed by atoms with van der Waals surface area (Å²) in [5.41, 5.74) is 12.8. The molecule has 1 aromatic carbocycles. The number of nitrogens with two attached hydrogens (primary N) is 1. The summed E-state index contributed by atoms with van der Waals surface area (Å²) >= 11 is 0. The van der Waals surface area contributed by atoms with E-state index in [1.807, 2.05) is 0 Å². The summed E-state index contributed by atoms with van der Waals surface area (Å²) in [4.78, 5) is 0. The second-order valence-corrected chi connectivity index (χ2v) is 7.86. The zero-order valence-corrected chi connectivity index (χ0v) is 14.6. The van der Waals surface area contributed by atoms with Crippen molar-refractivity contribution in [3.63, 3.8) is 0 Å². The molecule has 1 unspecified atom stereocenters. The van der Waals surface area contributed by atoms with Gasteiger partial charge in [-0.05, 0) is 74.5 Å². The summed E-state index contributed by atoms with van der Waals surface area (Å²) < 4.78 is 0. The lowest BCUT2D eigenvalue weighted by molar-refractivity contribution is 0.181. The first-order chi connectivity index (χ1) is 9.84. The number of aryl methyl sites for hydroxylation is 3. The second kappa shape index (κ2) is 6.52. The van der Waals surface area contributed by atoms with Gasteiger partial charge in [0.1, 0.15) is 0 Å². The fraction of sp³-hybridized carbons (Fsp3) is 0.700. The van der Waals surface area contributed by atoms with Gasteiger partial charge in [-0.3, -0.25) is 0 Å². The van der Waals surface area contributed by atoms with E-state index in [0.717, 1.165) is 12.3 Å². The van der Waals surface area contributed by atoms with Crippen molar-refractivity contribution in [2.45, 2.75) is 79.2 Å². The Balaban J connectivity index is 2.21. The summed E-state index contributed by atoms with van der Waals surface area (Å²) in [7, 11) is 0. The van der Waals surface area contributed by atoms with Crippen LogP contribution in [0.15, 0.2) is 12.1 Å². The summed E-state index contributed by atoms with van der Waals surface area (Å²) in [5.74, 6) is 0.745. The van der Waals surface area contributed by atoms with Gasteiger partial charge >= 0.3 is 0 Å². The summed E-state index contributed by atoms with van der Waals surface area (Å²) in [6.07, 6.45) is 7.73. The number of hydrogen-bond donors (Lipinski definition) is 1. The van der Waals surface area contributed by atoms with Gasteiger partial charge < -0.3 is 5.73 Å². The third-order valence-electron chi connectivity index (χ3n) is 5.47. The van der Waals surface area contributed by atoms with E-state index < -0.39 is 0 Å². The molecular formula is C20H33N. The SMILES string of the molecule is Cc1cc(C)c(CC(N)C2(CC(C)C)CCCC2)c(C)c1. The molecule has 1 nitrogen and oxygen atoms in total. The molecule has 1 aliphatic carbocycles. The van der Waals surface area contributed by atoms with Crippen molar-refractivity contribution in [2.24, 2.45) is 17.1 Å².